The fourth-order valence-electron chi connectivity index (χ4n) is 2.48. The number of aryl methyl sites for hydroxylation is 2. The lowest BCUT2D eigenvalue weighted by Gasteiger charge is -2.20. The summed E-state index contributed by atoms with van der Waals surface area (Å²) in [6.07, 6.45) is 0. The van der Waals surface area contributed by atoms with E-state index >= 15 is 0 Å². The third kappa shape index (κ3) is 2.40. The Morgan fingerprint density at radius 2 is 2.09 bits per heavy atom. The van der Waals surface area contributed by atoms with Crippen LogP contribution in [-0.4, -0.2) is 36.8 Å². The van der Waals surface area contributed by atoms with Gasteiger partial charge in [0.25, 0.3) is 10.0 Å². The van der Waals surface area contributed by atoms with Gasteiger partial charge in [0, 0.05) is 10.6 Å². The Bertz CT molecular complexity index is 838. The lowest BCUT2D eigenvalue weighted by atomic mass is 10.2. The molecule has 0 atom stereocenters. The second-order valence-corrected chi connectivity index (χ2v) is 7.18. The summed E-state index contributed by atoms with van der Waals surface area (Å²) in [5, 5.41) is 4.25. The highest BCUT2D eigenvalue weighted by molar-refractivity contribution is 7.89. The second kappa shape index (κ2) is 5.40. The van der Waals surface area contributed by atoms with Crippen LogP contribution < -0.4 is 0 Å². The molecular weight excluding hydrogens is 326 g/mol. The third-order valence-corrected chi connectivity index (χ3v) is 5.67. The number of nitrogens with zero attached hydrogens (tertiary/aromatic N) is 3. The molecule has 1 aromatic carbocycles. The van der Waals surface area contributed by atoms with Crippen LogP contribution in [0.4, 0.5) is 0 Å². The Morgan fingerprint density at radius 3 is 2.73 bits per heavy atom. The minimum absolute atomic E-state index is 0.101. The number of benzene rings is 1. The predicted molar refractivity (Wildman–Crippen MR) is 82.7 cm³/mol. The molecule has 0 saturated heterocycles. The van der Waals surface area contributed by atoms with Crippen molar-refractivity contribution in [1.82, 2.24) is 9.46 Å². The van der Waals surface area contributed by atoms with Gasteiger partial charge in [-0.25, -0.2) is 12.7 Å². The van der Waals surface area contributed by atoms with Gasteiger partial charge in [-0.05, 0) is 26.0 Å². The number of amidine groups is 1. The van der Waals surface area contributed by atoms with Crippen molar-refractivity contribution in [2.24, 2.45) is 4.99 Å². The lowest BCUT2D eigenvalue weighted by molar-refractivity contribution is 0.390. The number of aromatic nitrogens is 1. The first kappa shape index (κ1) is 15.1. The summed E-state index contributed by atoms with van der Waals surface area (Å²) < 4.78 is 32.1. The van der Waals surface area contributed by atoms with Crippen molar-refractivity contribution < 1.29 is 12.9 Å². The molecule has 1 aliphatic rings. The van der Waals surface area contributed by atoms with E-state index in [4.69, 9.17) is 16.1 Å². The van der Waals surface area contributed by atoms with E-state index in [0.29, 0.717) is 28.7 Å². The monoisotopic (exact) mass is 339 g/mol. The fraction of sp³-hybridized carbons (Fsp3) is 0.286. The van der Waals surface area contributed by atoms with E-state index in [1.807, 2.05) is 0 Å². The maximum atomic E-state index is 12.9. The van der Waals surface area contributed by atoms with Crippen LogP contribution in [0.25, 0.3) is 0 Å². The number of rotatable bonds is 3. The minimum Gasteiger partial charge on any atom is -0.360 e. The first-order valence-corrected chi connectivity index (χ1v) is 8.49. The molecule has 0 aliphatic carbocycles. The van der Waals surface area contributed by atoms with Crippen LogP contribution in [0.2, 0.25) is 5.02 Å². The maximum absolute atomic E-state index is 12.9. The van der Waals surface area contributed by atoms with Gasteiger partial charge >= 0.3 is 0 Å². The highest BCUT2D eigenvalue weighted by atomic mass is 35.5. The molecule has 0 fully saturated rings. The van der Waals surface area contributed by atoms with Crippen molar-refractivity contribution in [1.29, 1.82) is 0 Å². The summed E-state index contributed by atoms with van der Waals surface area (Å²) in [5.74, 6) is 0.664. The molecule has 0 saturated carbocycles. The molecule has 3 rings (SSSR count). The van der Waals surface area contributed by atoms with Crippen molar-refractivity contribution in [2.75, 3.05) is 13.1 Å². The minimum atomic E-state index is -3.76. The van der Waals surface area contributed by atoms with Crippen LogP contribution in [0.1, 0.15) is 17.0 Å². The average molecular weight is 340 g/mol. The molecule has 1 aromatic heterocycles. The second-order valence-electron chi connectivity index (χ2n) is 4.95. The van der Waals surface area contributed by atoms with E-state index in [0.717, 1.165) is 0 Å². The zero-order valence-corrected chi connectivity index (χ0v) is 13.6. The van der Waals surface area contributed by atoms with Crippen molar-refractivity contribution in [3.63, 3.8) is 0 Å². The van der Waals surface area contributed by atoms with Gasteiger partial charge < -0.3 is 4.52 Å². The number of hydrogen-bond acceptors (Lipinski definition) is 5. The quantitative estimate of drug-likeness (QED) is 0.860. The summed E-state index contributed by atoms with van der Waals surface area (Å²) in [5.41, 5.74) is 1.01. The SMILES string of the molecule is Cc1noc(C)c1S(=O)(=O)N1CCN=C1c1cccc(Cl)c1. The molecule has 116 valence electrons. The molecular formula is C14H14ClN3O3S. The highest BCUT2D eigenvalue weighted by Gasteiger charge is 2.35. The predicted octanol–water partition coefficient (Wildman–Crippen LogP) is 2.40. The molecule has 0 radical (unpaired) electrons. The maximum Gasteiger partial charge on any atom is 0.270 e. The van der Waals surface area contributed by atoms with Gasteiger partial charge in [-0.2, -0.15) is 0 Å². The van der Waals surface area contributed by atoms with Crippen molar-refractivity contribution in [3.8, 4) is 0 Å². The molecule has 1 aliphatic heterocycles. The smallest absolute Gasteiger partial charge is 0.270 e. The summed E-state index contributed by atoms with van der Waals surface area (Å²) in [7, 11) is -3.76. The Balaban J connectivity index is 2.07. The Labute approximate surface area is 133 Å². The van der Waals surface area contributed by atoms with Gasteiger partial charge in [0.15, 0.2) is 10.7 Å². The van der Waals surface area contributed by atoms with Crippen molar-refractivity contribution in [2.45, 2.75) is 18.7 Å². The zero-order valence-electron chi connectivity index (χ0n) is 12.1. The van der Waals surface area contributed by atoms with E-state index in [-0.39, 0.29) is 17.2 Å². The van der Waals surface area contributed by atoms with Crippen LogP contribution in [0.5, 0.6) is 0 Å². The molecule has 0 N–H and O–H groups in total. The first-order chi connectivity index (χ1) is 10.4. The van der Waals surface area contributed by atoms with Gasteiger partial charge in [0.1, 0.15) is 11.5 Å². The standard InChI is InChI=1S/C14H14ClN3O3S/c1-9-13(10(2)21-17-9)22(19,20)18-7-6-16-14(18)11-4-3-5-12(15)8-11/h3-5,8H,6-7H2,1-2H3. The Hall–Kier alpha value is -1.86. The normalized spacial score (nSPS) is 15.2. The number of halogens is 1. The first-order valence-electron chi connectivity index (χ1n) is 6.67. The van der Waals surface area contributed by atoms with Crippen LogP contribution in [0, 0.1) is 13.8 Å². The lowest BCUT2D eigenvalue weighted by Crippen LogP contribution is -2.35. The third-order valence-electron chi connectivity index (χ3n) is 3.40. The molecule has 2 aromatic rings. The van der Waals surface area contributed by atoms with E-state index < -0.39 is 10.0 Å². The molecule has 8 heteroatoms. The largest absolute Gasteiger partial charge is 0.360 e. The van der Waals surface area contributed by atoms with Crippen molar-refractivity contribution in [3.05, 3.63) is 46.3 Å². The van der Waals surface area contributed by atoms with Crippen LogP contribution in [0.3, 0.4) is 0 Å². The fourth-order valence-corrected chi connectivity index (χ4v) is 4.42. The molecule has 0 spiro atoms. The average Bonchev–Trinajstić information content (AvgIpc) is 3.06. The van der Waals surface area contributed by atoms with Gasteiger partial charge in [-0.15, -0.1) is 0 Å². The number of hydrogen-bond donors (Lipinski definition) is 0. The molecule has 2 heterocycles. The van der Waals surface area contributed by atoms with Gasteiger partial charge in [-0.3, -0.25) is 4.99 Å². The van der Waals surface area contributed by atoms with E-state index in [9.17, 15) is 8.42 Å². The number of aliphatic imine (C=N–C) groups is 1. The van der Waals surface area contributed by atoms with E-state index in [1.54, 1.807) is 38.1 Å². The van der Waals surface area contributed by atoms with Crippen molar-refractivity contribution >= 4 is 27.5 Å². The molecule has 6 nitrogen and oxygen atoms in total. The molecule has 0 amide bonds. The summed E-state index contributed by atoms with van der Waals surface area (Å²) in [4.78, 5) is 4.42. The summed E-state index contributed by atoms with van der Waals surface area (Å²) in [6.45, 7) is 3.88. The number of sulfonamides is 1. The van der Waals surface area contributed by atoms with Crippen LogP contribution in [-0.2, 0) is 10.0 Å². The Kier molecular flexibility index (Phi) is 3.70. The van der Waals surface area contributed by atoms with E-state index in [2.05, 4.69) is 10.1 Å². The zero-order chi connectivity index (χ0) is 15.9. The molecule has 22 heavy (non-hydrogen) atoms. The summed E-state index contributed by atoms with van der Waals surface area (Å²) >= 11 is 5.99. The van der Waals surface area contributed by atoms with Gasteiger partial charge in [-0.1, -0.05) is 28.9 Å². The van der Waals surface area contributed by atoms with E-state index in [1.165, 1.54) is 4.31 Å². The van der Waals surface area contributed by atoms with Gasteiger partial charge in [0.05, 0.1) is 13.1 Å². The molecule has 0 unspecified atom stereocenters. The Morgan fingerprint density at radius 1 is 1.32 bits per heavy atom. The molecule has 0 bridgehead atoms. The highest BCUT2D eigenvalue weighted by Crippen LogP contribution is 2.27. The topological polar surface area (TPSA) is 75.8 Å². The van der Waals surface area contributed by atoms with Crippen LogP contribution >= 0.6 is 11.6 Å². The van der Waals surface area contributed by atoms with Crippen LogP contribution in [0.15, 0.2) is 38.7 Å². The van der Waals surface area contributed by atoms with Gasteiger partial charge in [0.2, 0.25) is 0 Å². The summed E-state index contributed by atoms with van der Waals surface area (Å²) in [6, 6.07) is 6.97.